The molecule has 0 aliphatic carbocycles. The van der Waals surface area contributed by atoms with Gasteiger partial charge in [-0.15, -0.1) is 0 Å². The molecule has 0 fully saturated rings. The van der Waals surface area contributed by atoms with Gasteiger partial charge in [0.2, 0.25) is 0 Å². The molecule has 1 rings (SSSR count). The molecule has 0 aliphatic heterocycles. The third-order valence-corrected chi connectivity index (χ3v) is 2.04. The molecule has 0 atom stereocenters. The first-order chi connectivity index (χ1) is 7.52. The van der Waals surface area contributed by atoms with Crippen molar-refractivity contribution in [1.29, 1.82) is 0 Å². The van der Waals surface area contributed by atoms with Crippen LogP contribution in [0.1, 0.15) is 13.8 Å². The summed E-state index contributed by atoms with van der Waals surface area (Å²) >= 11 is 5.90. The molecule has 5 heteroatoms. The molecule has 88 valence electrons. The van der Waals surface area contributed by atoms with Gasteiger partial charge in [-0.1, -0.05) is 11.6 Å². The van der Waals surface area contributed by atoms with Gasteiger partial charge in [-0.3, -0.25) is 5.32 Å². The monoisotopic (exact) mass is 243 g/mol. The lowest BCUT2D eigenvalue weighted by Crippen LogP contribution is -2.17. The van der Waals surface area contributed by atoms with Crippen LogP contribution in [0.25, 0.3) is 0 Å². The Balaban J connectivity index is 2.68. The number of nitrogens with one attached hydrogen (secondary N) is 1. The molecule has 1 aromatic carbocycles. The van der Waals surface area contributed by atoms with Crippen LogP contribution in [0, 0.1) is 0 Å². The molecule has 0 saturated carbocycles. The Labute approximate surface area is 99.5 Å². The molecule has 0 aromatic heterocycles. The molecule has 0 unspecified atom stereocenters. The van der Waals surface area contributed by atoms with Crippen LogP contribution in [-0.2, 0) is 4.74 Å². The zero-order chi connectivity index (χ0) is 12.1. The highest BCUT2D eigenvalue weighted by Gasteiger charge is 2.07. The zero-order valence-electron chi connectivity index (χ0n) is 9.41. The Morgan fingerprint density at radius 1 is 1.44 bits per heavy atom. The quantitative estimate of drug-likeness (QED) is 0.886. The second-order valence-corrected chi connectivity index (χ2v) is 3.84. The summed E-state index contributed by atoms with van der Waals surface area (Å²) in [5.41, 5.74) is 0.566. The first-order valence-electron chi connectivity index (χ1n) is 4.84. The normalized spacial score (nSPS) is 10.1. The van der Waals surface area contributed by atoms with E-state index in [4.69, 9.17) is 21.1 Å². The predicted molar refractivity (Wildman–Crippen MR) is 63.2 cm³/mol. The first kappa shape index (κ1) is 12.6. The van der Waals surface area contributed by atoms with E-state index in [2.05, 4.69) is 5.32 Å². The van der Waals surface area contributed by atoms with Crippen LogP contribution in [0.15, 0.2) is 18.2 Å². The first-order valence-corrected chi connectivity index (χ1v) is 5.22. The minimum atomic E-state index is -0.503. The topological polar surface area (TPSA) is 47.6 Å². The average molecular weight is 244 g/mol. The van der Waals surface area contributed by atoms with Gasteiger partial charge in [-0.2, -0.15) is 0 Å². The fraction of sp³-hybridized carbons (Fsp3) is 0.364. The molecule has 0 aliphatic rings. The minimum Gasteiger partial charge on any atom is -0.495 e. The summed E-state index contributed by atoms with van der Waals surface area (Å²) in [5.74, 6) is 0.560. The van der Waals surface area contributed by atoms with Crippen molar-refractivity contribution in [3.63, 3.8) is 0 Å². The van der Waals surface area contributed by atoms with Crippen molar-refractivity contribution in [1.82, 2.24) is 0 Å². The van der Waals surface area contributed by atoms with Gasteiger partial charge in [0, 0.05) is 5.69 Å². The van der Waals surface area contributed by atoms with E-state index < -0.39 is 6.09 Å². The van der Waals surface area contributed by atoms with Crippen molar-refractivity contribution < 1.29 is 14.3 Å². The number of halogens is 1. The van der Waals surface area contributed by atoms with E-state index >= 15 is 0 Å². The molecule has 0 heterocycles. The lowest BCUT2D eigenvalue weighted by Gasteiger charge is -2.10. The Kier molecular flexibility index (Phi) is 4.43. The molecular weight excluding hydrogens is 230 g/mol. The lowest BCUT2D eigenvalue weighted by atomic mass is 10.3. The van der Waals surface area contributed by atoms with Gasteiger partial charge < -0.3 is 9.47 Å². The molecule has 0 saturated heterocycles. The molecule has 1 N–H and O–H groups in total. The van der Waals surface area contributed by atoms with E-state index in [9.17, 15) is 4.79 Å². The number of ether oxygens (including phenoxy) is 2. The third-order valence-electron chi connectivity index (χ3n) is 1.74. The number of benzene rings is 1. The summed E-state index contributed by atoms with van der Waals surface area (Å²) in [4.78, 5) is 11.3. The molecule has 1 amide bonds. The maximum Gasteiger partial charge on any atom is 0.411 e. The summed E-state index contributed by atoms with van der Waals surface area (Å²) in [7, 11) is 1.53. The fourth-order valence-corrected chi connectivity index (χ4v) is 1.36. The molecule has 4 nitrogen and oxygen atoms in total. The smallest absolute Gasteiger partial charge is 0.411 e. The number of hydrogen-bond acceptors (Lipinski definition) is 3. The van der Waals surface area contributed by atoms with Crippen molar-refractivity contribution >= 4 is 23.4 Å². The third kappa shape index (κ3) is 3.62. The average Bonchev–Trinajstić information content (AvgIpc) is 2.16. The van der Waals surface area contributed by atoms with E-state index in [1.54, 1.807) is 32.0 Å². The van der Waals surface area contributed by atoms with E-state index in [1.165, 1.54) is 7.11 Å². The zero-order valence-corrected chi connectivity index (χ0v) is 10.2. The van der Waals surface area contributed by atoms with Gasteiger partial charge in [-0.05, 0) is 32.0 Å². The molecule has 0 spiro atoms. The van der Waals surface area contributed by atoms with Crippen LogP contribution in [0.4, 0.5) is 10.5 Å². The van der Waals surface area contributed by atoms with Gasteiger partial charge in [0.25, 0.3) is 0 Å². The van der Waals surface area contributed by atoms with Gasteiger partial charge in [0.05, 0.1) is 18.2 Å². The maximum absolute atomic E-state index is 11.3. The van der Waals surface area contributed by atoms with E-state index in [-0.39, 0.29) is 6.10 Å². The highest BCUT2D eigenvalue weighted by Crippen LogP contribution is 2.27. The Morgan fingerprint density at radius 2 is 2.12 bits per heavy atom. The molecule has 0 radical (unpaired) electrons. The number of carbonyl (C=O) groups excluding carboxylic acids is 1. The van der Waals surface area contributed by atoms with Crippen LogP contribution < -0.4 is 10.1 Å². The van der Waals surface area contributed by atoms with E-state index in [0.717, 1.165) is 0 Å². The highest BCUT2D eigenvalue weighted by molar-refractivity contribution is 6.32. The minimum absolute atomic E-state index is 0.159. The number of anilines is 1. The van der Waals surface area contributed by atoms with Crippen molar-refractivity contribution in [2.75, 3.05) is 12.4 Å². The summed E-state index contributed by atoms with van der Waals surface area (Å²) < 4.78 is 9.92. The summed E-state index contributed by atoms with van der Waals surface area (Å²) in [6, 6.07) is 4.96. The second-order valence-electron chi connectivity index (χ2n) is 3.43. The van der Waals surface area contributed by atoms with Crippen LogP contribution in [0.2, 0.25) is 5.02 Å². The van der Waals surface area contributed by atoms with Gasteiger partial charge in [-0.25, -0.2) is 4.79 Å². The molecule has 0 bridgehead atoms. The van der Waals surface area contributed by atoms with Crippen LogP contribution in [-0.4, -0.2) is 19.3 Å². The number of methoxy groups -OCH3 is 1. The predicted octanol–water partition coefficient (Wildman–Crippen LogP) is 3.31. The number of rotatable bonds is 3. The Morgan fingerprint density at radius 3 is 2.62 bits per heavy atom. The van der Waals surface area contributed by atoms with Crippen molar-refractivity contribution in [2.24, 2.45) is 0 Å². The largest absolute Gasteiger partial charge is 0.495 e. The second kappa shape index (κ2) is 5.61. The Bertz CT molecular complexity index is 379. The number of hydrogen-bond donors (Lipinski definition) is 1. The summed E-state index contributed by atoms with van der Waals surface area (Å²) in [5, 5.41) is 3.00. The van der Waals surface area contributed by atoms with Gasteiger partial charge in [0.15, 0.2) is 0 Å². The number of amides is 1. The standard InChI is InChI=1S/C11H14ClNO3/c1-7(2)16-11(14)13-8-4-5-10(15-3)9(12)6-8/h4-7H,1-3H3,(H,13,14). The SMILES string of the molecule is COc1ccc(NC(=O)OC(C)C)cc1Cl. The van der Waals surface area contributed by atoms with E-state index in [0.29, 0.717) is 16.5 Å². The number of carbonyl (C=O) groups is 1. The van der Waals surface area contributed by atoms with Crippen molar-refractivity contribution in [3.8, 4) is 5.75 Å². The van der Waals surface area contributed by atoms with Crippen LogP contribution in [0.5, 0.6) is 5.75 Å². The molecular formula is C11H14ClNO3. The Hall–Kier alpha value is -1.42. The van der Waals surface area contributed by atoms with Crippen molar-refractivity contribution in [3.05, 3.63) is 23.2 Å². The lowest BCUT2D eigenvalue weighted by molar-refractivity contribution is 0.130. The summed E-state index contributed by atoms with van der Waals surface area (Å²) in [6.07, 6.45) is -0.662. The van der Waals surface area contributed by atoms with Crippen LogP contribution in [0.3, 0.4) is 0 Å². The van der Waals surface area contributed by atoms with E-state index in [1.807, 2.05) is 0 Å². The maximum atomic E-state index is 11.3. The molecule has 16 heavy (non-hydrogen) atoms. The molecule has 1 aromatic rings. The summed E-state index contributed by atoms with van der Waals surface area (Å²) in [6.45, 7) is 3.56. The van der Waals surface area contributed by atoms with Crippen molar-refractivity contribution in [2.45, 2.75) is 20.0 Å². The fourth-order valence-electron chi connectivity index (χ4n) is 1.11. The van der Waals surface area contributed by atoms with Gasteiger partial charge >= 0.3 is 6.09 Å². The van der Waals surface area contributed by atoms with Gasteiger partial charge in [0.1, 0.15) is 5.75 Å². The van der Waals surface area contributed by atoms with Crippen LogP contribution >= 0.6 is 11.6 Å². The highest BCUT2D eigenvalue weighted by atomic mass is 35.5.